The highest BCUT2D eigenvalue weighted by molar-refractivity contribution is 5.87. The molecule has 0 bridgehead atoms. The van der Waals surface area contributed by atoms with Crippen molar-refractivity contribution < 1.29 is 8.91 Å². The molecule has 4 N–H and O–H groups in total. The summed E-state index contributed by atoms with van der Waals surface area (Å²) < 4.78 is 18.1. The Morgan fingerprint density at radius 3 is 2.92 bits per heavy atom. The molecule has 0 saturated heterocycles. The lowest BCUT2D eigenvalue weighted by Gasteiger charge is -1.97. The number of rotatable bonds is 1. The maximum atomic E-state index is 13.4. The number of anilines is 1. The van der Waals surface area contributed by atoms with Crippen LogP contribution in [0.2, 0.25) is 0 Å². The Hall–Kier alpha value is -1.62. The molecule has 0 aliphatic carbocycles. The van der Waals surface area contributed by atoms with Gasteiger partial charge in [-0.2, -0.15) is 0 Å². The number of halogens is 1. The predicted octanol–water partition coefficient (Wildman–Crippen LogP) is 1.01. The molecule has 0 amide bonds. The molecule has 1 aromatic heterocycles. The van der Waals surface area contributed by atoms with E-state index in [-0.39, 0.29) is 17.9 Å². The fourth-order valence-electron chi connectivity index (χ4n) is 1.19. The van der Waals surface area contributed by atoms with Gasteiger partial charge in [0.05, 0.1) is 5.39 Å². The van der Waals surface area contributed by atoms with Crippen LogP contribution in [-0.2, 0) is 6.54 Å². The van der Waals surface area contributed by atoms with Crippen LogP contribution >= 0.6 is 0 Å². The molecule has 13 heavy (non-hydrogen) atoms. The quantitative estimate of drug-likeness (QED) is 0.688. The van der Waals surface area contributed by atoms with Gasteiger partial charge in [-0.25, -0.2) is 4.39 Å². The number of benzene rings is 1. The average molecular weight is 181 g/mol. The van der Waals surface area contributed by atoms with Crippen molar-refractivity contribution in [1.29, 1.82) is 0 Å². The number of hydrogen-bond donors (Lipinski definition) is 2. The van der Waals surface area contributed by atoms with E-state index in [0.717, 1.165) is 0 Å². The van der Waals surface area contributed by atoms with Gasteiger partial charge in [-0.05, 0) is 6.07 Å². The molecule has 0 fully saturated rings. The van der Waals surface area contributed by atoms with Crippen molar-refractivity contribution in [2.45, 2.75) is 6.54 Å². The van der Waals surface area contributed by atoms with Crippen molar-refractivity contribution in [2.75, 3.05) is 5.73 Å². The van der Waals surface area contributed by atoms with E-state index in [1.54, 1.807) is 12.1 Å². The number of fused-ring (bicyclic) bond motifs is 1. The second-order valence-corrected chi connectivity index (χ2v) is 2.69. The summed E-state index contributed by atoms with van der Waals surface area (Å²) in [5.74, 6) is -0.290. The Morgan fingerprint density at radius 1 is 1.46 bits per heavy atom. The Balaban J connectivity index is 2.80. The van der Waals surface area contributed by atoms with Gasteiger partial charge in [0.1, 0.15) is 0 Å². The molecule has 0 unspecified atom stereocenters. The third-order valence-electron chi connectivity index (χ3n) is 1.91. The van der Waals surface area contributed by atoms with Gasteiger partial charge in [-0.1, -0.05) is 11.2 Å². The molecule has 1 heterocycles. The zero-order valence-electron chi connectivity index (χ0n) is 6.75. The van der Waals surface area contributed by atoms with Crippen LogP contribution in [0.3, 0.4) is 0 Å². The Kier molecular flexibility index (Phi) is 1.66. The van der Waals surface area contributed by atoms with Crippen molar-refractivity contribution in [3.8, 4) is 0 Å². The molecule has 4 nitrogen and oxygen atoms in total. The minimum absolute atomic E-state index is 0.0699. The third-order valence-corrected chi connectivity index (χ3v) is 1.91. The lowest BCUT2D eigenvalue weighted by atomic mass is 10.1. The number of nitrogens with zero attached hydrogens (tertiary/aromatic N) is 1. The topological polar surface area (TPSA) is 78.1 Å². The number of nitrogen functional groups attached to an aromatic ring is 1. The molecule has 0 spiro atoms. The second-order valence-electron chi connectivity index (χ2n) is 2.69. The second kappa shape index (κ2) is 2.70. The first kappa shape index (κ1) is 8.00. The highest BCUT2D eigenvalue weighted by Gasteiger charge is 2.12. The van der Waals surface area contributed by atoms with Gasteiger partial charge in [0.2, 0.25) is 5.58 Å². The van der Waals surface area contributed by atoms with E-state index < -0.39 is 5.82 Å². The molecule has 68 valence electrons. The third kappa shape index (κ3) is 1.05. The van der Waals surface area contributed by atoms with E-state index in [9.17, 15) is 4.39 Å². The molecule has 0 radical (unpaired) electrons. The van der Waals surface area contributed by atoms with E-state index >= 15 is 0 Å². The summed E-state index contributed by atoms with van der Waals surface area (Å²) in [7, 11) is 0. The summed E-state index contributed by atoms with van der Waals surface area (Å²) in [6.45, 7) is 0.127. The maximum absolute atomic E-state index is 13.4. The lowest BCUT2D eigenvalue weighted by Crippen LogP contribution is -1.99. The summed E-state index contributed by atoms with van der Waals surface area (Å²) >= 11 is 0. The first-order chi connectivity index (χ1) is 6.24. The maximum Gasteiger partial charge on any atom is 0.204 e. The van der Waals surface area contributed by atoms with Crippen LogP contribution in [0.4, 0.5) is 10.2 Å². The zero-order valence-corrected chi connectivity index (χ0v) is 6.75. The number of nitrogens with two attached hydrogens (primary N) is 2. The summed E-state index contributed by atoms with van der Waals surface area (Å²) in [5.41, 5.74) is 11.2. The van der Waals surface area contributed by atoms with Crippen LogP contribution in [-0.4, -0.2) is 5.16 Å². The van der Waals surface area contributed by atoms with Crippen molar-refractivity contribution in [3.63, 3.8) is 0 Å². The summed E-state index contributed by atoms with van der Waals surface area (Å²) in [4.78, 5) is 0. The summed E-state index contributed by atoms with van der Waals surface area (Å²) in [5, 5.41) is 3.94. The van der Waals surface area contributed by atoms with Crippen LogP contribution in [0.15, 0.2) is 16.7 Å². The van der Waals surface area contributed by atoms with Gasteiger partial charge in [0.15, 0.2) is 11.6 Å². The Bertz CT molecular complexity index is 452. The molecule has 1 aromatic carbocycles. The summed E-state index contributed by atoms with van der Waals surface area (Å²) in [6.07, 6.45) is 0. The Labute approximate surface area is 73.3 Å². The molecule has 0 atom stereocenters. The monoisotopic (exact) mass is 181 g/mol. The molecule has 0 saturated carbocycles. The van der Waals surface area contributed by atoms with Crippen molar-refractivity contribution in [2.24, 2.45) is 5.73 Å². The fraction of sp³-hybridized carbons (Fsp3) is 0.125. The van der Waals surface area contributed by atoms with E-state index in [1.165, 1.54) is 0 Å². The molecule has 0 aliphatic rings. The zero-order chi connectivity index (χ0) is 9.42. The van der Waals surface area contributed by atoms with E-state index in [4.69, 9.17) is 16.0 Å². The highest BCUT2D eigenvalue weighted by atomic mass is 19.1. The van der Waals surface area contributed by atoms with Crippen molar-refractivity contribution in [3.05, 3.63) is 23.5 Å². The highest BCUT2D eigenvalue weighted by Crippen LogP contribution is 2.24. The van der Waals surface area contributed by atoms with Gasteiger partial charge in [-0.15, -0.1) is 0 Å². The van der Waals surface area contributed by atoms with Crippen LogP contribution in [0.25, 0.3) is 11.0 Å². The average Bonchev–Trinajstić information content (AvgIpc) is 2.50. The normalized spacial score (nSPS) is 10.9. The molecule has 2 rings (SSSR count). The SMILES string of the molecule is NCc1ccc2c(N)noc2c1F. The smallest absolute Gasteiger partial charge is 0.204 e. The van der Waals surface area contributed by atoms with Gasteiger partial charge in [0, 0.05) is 12.1 Å². The standard InChI is InChI=1S/C8H8FN3O/c9-6-4(3-10)1-2-5-7(6)13-12-8(5)11/h1-2H,3,10H2,(H2,11,12). The molecular formula is C8H8FN3O. The van der Waals surface area contributed by atoms with Gasteiger partial charge >= 0.3 is 0 Å². The van der Waals surface area contributed by atoms with Crippen LogP contribution in [0, 0.1) is 5.82 Å². The van der Waals surface area contributed by atoms with Gasteiger partial charge in [-0.3, -0.25) is 0 Å². The van der Waals surface area contributed by atoms with E-state index in [2.05, 4.69) is 5.16 Å². The molecule has 5 heteroatoms. The predicted molar refractivity (Wildman–Crippen MR) is 46.3 cm³/mol. The van der Waals surface area contributed by atoms with Crippen molar-refractivity contribution >= 4 is 16.8 Å². The van der Waals surface area contributed by atoms with Gasteiger partial charge < -0.3 is 16.0 Å². The first-order valence-electron chi connectivity index (χ1n) is 3.76. The lowest BCUT2D eigenvalue weighted by molar-refractivity contribution is 0.442. The first-order valence-corrected chi connectivity index (χ1v) is 3.76. The fourth-order valence-corrected chi connectivity index (χ4v) is 1.19. The minimum Gasteiger partial charge on any atom is -0.380 e. The van der Waals surface area contributed by atoms with Crippen LogP contribution in [0.1, 0.15) is 5.56 Å². The number of aromatic nitrogens is 1. The van der Waals surface area contributed by atoms with Crippen LogP contribution < -0.4 is 11.5 Å². The van der Waals surface area contributed by atoms with Crippen LogP contribution in [0.5, 0.6) is 0 Å². The molecule has 2 aromatic rings. The number of hydrogen-bond acceptors (Lipinski definition) is 4. The van der Waals surface area contributed by atoms with E-state index in [1.807, 2.05) is 0 Å². The Morgan fingerprint density at radius 2 is 2.23 bits per heavy atom. The van der Waals surface area contributed by atoms with Gasteiger partial charge in [0.25, 0.3) is 0 Å². The molecular weight excluding hydrogens is 173 g/mol. The largest absolute Gasteiger partial charge is 0.380 e. The summed E-state index contributed by atoms with van der Waals surface area (Å²) in [6, 6.07) is 3.22. The molecule has 0 aliphatic heterocycles. The minimum atomic E-state index is -0.482. The van der Waals surface area contributed by atoms with Crippen molar-refractivity contribution in [1.82, 2.24) is 5.16 Å². The van der Waals surface area contributed by atoms with E-state index in [0.29, 0.717) is 10.9 Å².